The van der Waals surface area contributed by atoms with Gasteiger partial charge in [0.2, 0.25) is 5.91 Å². The Morgan fingerprint density at radius 1 is 1.08 bits per heavy atom. The molecule has 0 atom stereocenters. The molecule has 2 aromatic carbocycles. The second kappa shape index (κ2) is 8.00. The summed E-state index contributed by atoms with van der Waals surface area (Å²) in [6.07, 6.45) is 3.59. The summed E-state index contributed by atoms with van der Waals surface area (Å²) in [4.78, 5) is 13.0. The Morgan fingerprint density at radius 3 is 2.32 bits per heavy atom. The van der Waals surface area contributed by atoms with Crippen molar-refractivity contribution in [2.75, 3.05) is 17.3 Å². The van der Waals surface area contributed by atoms with Crippen molar-refractivity contribution in [3.63, 3.8) is 0 Å². The molecule has 3 nitrogen and oxygen atoms in total. The zero-order valence-electron chi connectivity index (χ0n) is 13.9. The second-order valence-electron chi connectivity index (χ2n) is 6.31. The van der Waals surface area contributed by atoms with Gasteiger partial charge < -0.3 is 10.1 Å². The number of benzene rings is 2. The smallest absolute Gasteiger partial charge is 0.235 e. The third kappa shape index (κ3) is 4.03. The van der Waals surface area contributed by atoms with E-state index >= 15 is 0 Å². The molecule has 0 aromatic heterocycles. The fraction of sp³-hybridized carbons (Fsp3) is 0.350. The Hall–Kier alpha value is -1.88. The standard InChI is InChI=1S/C20H21BrFNO2/c21-13-14-25-18-9-7-17(8-10-18)23-19(24)20(11-1-2-12-20)15-3-5-16(22)6-4-15/h3-10H,1-2,11-14H2,(H,23,24). The first kappa shape index (κ1) is 17.9. The minimum Gasteiger partial charge on any atom is -0.493 e. The number of carbonyl (C=O) groups excluding carboxylic acids is 1. The zero-order chi connectivity index (χ0) is 17.7. The first-order chi connectivity index (χ1) is 12.1. The molecule has 1 aliphatic rings. The number of amides is 1. The summed E-state index contributed by atoms with van der Waals surface area (Å²) in [6.45, 7) is 0.597. The summed E-state index contributed by atoms with van der Waals surface area (Å²) in [7, 11) is 0. The Labute approximate surface area is 155 Å². The monoisotopic (exact) mass is 405 g/mol. The van der Waals surface area contributed by atoms with Gasteiger partial charge in [0.1, 0.15) is 11.6 Å². The highest BCUT2D eigenvalue weighted by molar-refractivity contribution is 9.09. The van der Waals surface area contributed by atoms with Crippen molar-refractivity contribution in [2.45, 2.75) is 31.1 Å². The van der Waals surface area contributed by atoms with Crippen molar-refractivity contribution in [3.05, 3.63) is 59.9 Å². The van der Waals surface area contributed by atoms with Crippen LogP contribution in [0.15, 0.2) is 48.5 Å². The lowest BCUT2D eigenvalue weighted by Gasteiger charge is -2.28. The van der Waals surface area contributed by atoms with Gasteiger partial charge in [0, 0.05) is 11.0 Å². The van der Waals surface area contributed by atoms with Gasteiger partial charge in [0.05, 0.1) is 12.0 Å². The molecule has 3 rings (SSSR count). The number of halogens is 2. The van der Waals surface area contributed by atoms with Crippen LogP contribution in [0.25, 0.3) is 0 Å². The Bertz CT molecular complexity index is 709. The summed E-state index contributed by atoms with van der Waals surface area (Å²) < 4.78 is 18.8. The SMILES string of the molecule is O=C(Nc1ccc(OCCBr)cc1)C1(c2ccc(F)cc2)CCCC1. The predicted molar refractivity (Wildman–Crippen MR) is 101 cm³/mol. The topological polar surface area (TPSA) is 38.3 Å². The van der Waals surface area contributed by atoms with Crippen LogP contribution in [0.1, 0.15) is 31.2 Å². The molecule has 1 amide bonds. The van der Waals surface area contributed by atoms with Crippen LogP contribution in [0.3, 0.4) is 0 Å². The maximum absolute atomic E-state index is 13.3. The van der Waals surface area contributed by atoms with E-state index in [0.29, 0.717) is 6.61 Å². The van der Waals surface area contributed by atoms with Crippen molar-refractivity contribution in [2.24, 2.45) is 0 Å². The van der Waals surface area contributed by atoms with Crippen LogP contribution >= 0.6 is 15.9 Å². The van der Waals surface area contributed by atoms with Crippen LogP contribution in [0.4, 0.5) is 10.1 Å². The minimum atomic E-state index is -0.571. The van der Waals surface area contributed by atoms with E-state index in [1.165, 1.54) is 12.1 Å². The van der Waals surface area contributed by atoms with Crippen LogP contribution in [0, 0.1) is 5.82 Å². The van der Waals surface area contributed by atoms with E-state index in [9.17, 15) is 9.18 Å². The van der Waals surface area contributed by atoms with E-state index in [0.717, 1.165) is 48.0 Å². The highest BCUT2D eigenvalue weighted by Gasteiger charge is 2.42. The molecular formula is C20H21BrFNO2. The lowest BCUT2D eigenvalue weighted by atomic mass is 9.78. The predicted octanol–water partition coefficient (Wildman–Crippen LogP) is 5.05. The molecule has 132 valence electrons. The summed E-state index contributed by atoms with van der Waals surface area (Å²) in [5.74, 6) is 0.466. The van der Waals surface area contributed by atoms with Gasteiger partial charge >= 0.3 is 0 Å². The maximum Gasteiger partial charge on any atom is 0.235 e. The zero-order valence-corrected chi connectivity index (χ0v) is 15.5. The second-order valence-corrected chi connectivity index (χ2v) is 7.11. The highest BCUT2D eigenvalue weighted by Crippen LogP contribution is 2.42. The first-order valence-electron chi connectivity index (χ1n) is 8.50. The average Bonchev–Trinajstić information content (AvgIpc) is 3.13. The number of carbonyl (C=O) groups is 1. The van der Waals surface area contributed by atoms with Gasteiger partial charge in [-0.2, -0.15) is 0 Å². The van der Waals surface area contributed by atoms with Crippen LogP contribution in [0.2, 0.25) is 0 Å². The normalized spacial score (nSPS) is 15.8. The number of hydrogen-bond donors (Lipinski definition) is 1. The summed E-state index contributed by atoms with van der Waals surface area (Å²) in [6, 6.07) is 13.7. The lowest BCUT2D eigenvalue weighted by Crippen LogP contribution is -2.38. The lowest BCUT2D eigenvalue weighted by molar-refractivity contribution is -0.121. The summed E-state index contributed by atoms with van der Waals surface area (Å²) in [5, 5.41) is 3.79. The van der Waals surface area contributed by atoms with E-state index in [1.807, 2.05) is 24.3 Å². The fourth-order valence-electron chi connectivity index (χ4n) is 3.44. The highest BCUT2D eigenvalue weighted by atomic mass is 79.9. The number of ether oxygens (including phenoxy) is 1. The van der Waals surface area contributed by atoms with Crippen molar-refractivity contribution in [1.29, 1.82) is 0 Å². The molecule has 1 N–H and O–H groups in total. The Morgan fingerprint density at radius 2 is 1.72 bits per heavy atom. The first-order valence-corrected chi connectivity index (χ1v) is 9.62. The molecule has 25 heavy (non-hydrogen) atoms. The van der Waals surface area contributed by atoms with E-state index in [1.54, 1.807) is 12.1 Å². The fourth-order valence-corrected chi connectivity index (χ4v) is 3.60. The Kier molecular flexibility index (Phi) is 5.74. The van der Waals surface area contributed by atoms with Crippen LogP contribution in [0.5, 0.6) is 5.75 Å². The quantitative estimate of drug-likeness (QED) is 0.682. The van der Waals surface area contributed by atoms with Gasteiger partial charge in [-0.1, -0.05) is 40.9 Å². The van der Waals surface area contributed by atoms with E-state index in [-0.39, 0.29) is 11.7 Å². The van der Waals surface area contributed by atoms with Gasteiger partial charge in [-0.05, 0) is 54.8 Å². The molecular weight excluding hydrogens is 385 g/mol. The van der Waals surface area contributed by atoms with Gasteiger partial charge in [-0.15, -0.1) is 0 Å². The maximum atomic E-state index is 13.3. The van der Waals surface area contributed by atoms with E-state index in [4.69, 9.17) is 4.74 Å². The number of alkyl halides is 1. The molecule has 1 aliphatic carbocycles. The molecule has 0 heterocycles. The molecule has 0 aliphatic heterocycles. The van der Waals surface area contributed by atoms with Crippen LogP contribution in [-0.2, 0) is 10.2 Å². The van der Waals surface area contributed by atoms with E-state index < -0.39 is 5.41 Å². The Balaban J connectivity index is 1.76. The molecule has 1 fully saturated rings. The molecule has 0 spiro atoms. The van der Waals surface area contributed by atoms with Gasteiger partial charge in [0.25, 0.3) is 0 Å². The van der Waals surface area contributed by atoms with Crippen LogP contribution in [-0.4, -0.2) is 17.8 Å². The van der Waals surface area contributed by atoms with Gasteiger partial charge in [0.15, 0.2) is 0 Å². The van der Waals surface area contributed by atoms with Crippen molar-refractivity contribution in [3.8, 4) is 5.75 Å². The molecule has 1 saturated carbocycles. The third-order valence-electron chi connectivity index (χ3n) is 4.75. The molecule has 5 heteroatoms. The number of rotatable bonds is 6. The number of anilines is 1. The third-order valence-corrected chi connectivity index (χ3v) is 5.07. The molecule has 2 aromatic rings. The molecule has 0 saturated heterocycles. The summed E-state index contributed by atoms with van der Waals surface area (Å²) in [5.41, 5.74) is 1.06. The molecule has 0 unspecified atom stereocenters. The average molecular weight is 406 g/mol. The largest absolute Gasteiger partial charge is 0.493 e. The summed E-state index contributed by atoms with van der Waals surface area (Å²) >= 11 is 3.32. The number of nitrogens with one attached hydrogen (secondary N) is 1. The van der Waals surface area contributed by atoms with Crippen molar-refractivity contribution >= 4 is 27.5 Å². The van der Waals surface area contributed by atoms with Gasteiger partial charge in [-0.3, -0.25) is 4.79 Å². The van der Waals surface area contributed by atoms with Crippen molar-refractivity contribution in [1.82, 2.24) is 0 Å². The van der Waals surface area contributed by atoms with Gasteiger partial charge in [-0.25, -0.2) is 4.39 Å². The molecule has 0 bridgehead atoms. The van der Waals surface area contributed by atoms with Crippen LogP contribution < -0.4 is 10.1 Å². The minimum absolute atomic E-state index is 0.0225. The van der Waals surface area contributed by atoms with Crippen molar-refractivity contribution < 1.29 is 13.9 Å². The van der Waals surface area contributed by atoms with E-state index in [2.05, 4.69) is 21.2 Å². The molecule has 0 radical (unpaired) electrons. The number of hydrogen-bond acceptors (Lipinski definition) is 2.